The lowest BCUT2D eigenvalue weighted by Crippen LogP contribution is -2.13. The third-order valence-electron chi connectivity index (χ3n) is 4.54. The van der Waals surface area contributed by atoms with E-state index in [1.165, 1.54) is 18.2 Å². The largest absolute Gasteiger partial charge is 0.435 e. The molecule has 1 N–H and O–H groups in total. The van der Waals surface area contributed by atoms with Crippen molar-refractivity contribution in [1.82, 2.24) is 14.8 Å². The molecule has 2 heterocycles. The standard InChI is InChI=1S/C22H18F2N4O2/c1-2-28-20-18(13-25-28)17(12-19(27-20)14-7-4-3-5-8-14)21(29)26-15-9-6-10-16(11-15)30-22(23)24/h3-13,22H,2H2,1H3,(H,26,29). The maximum Gasteiger partial charge on any atom is 0.387 e. The first-order chi connectivity index (χ1) is 14.5. The number of anilines is 1. The molecular formula is C22H18F2N4O2. The number of ether oxygens (including phenoxy) is 1. The van der Waals surface area contributed by atoms with Gasteiger partial charge in [0.25, 0.3) is 5.91 Å². The molecule has 6 nitrogen and oxygen atoms in total. The molecule has 0 aliphatic carbocycles. The number of aromatic nitrogens is 3. The quantitative estimate of drug-likeness (QED) is 0.489. The number of fused-ring (bicyclic) bond motifs is 1. The van der Waals surface area contributed by atoms with Crippen molar-refractivity contribution in [3.05, 3.63) is 72.4 Å². The van der Waals surface area contributed by atoms with Gasteiger partial charge in [0.05, 0.1) is 22.8 Å². The molecule has 2 aromatic heterocycles. The molecule has 0 radical (unpaired) electrons. The molecule has 0 aliphatic rings. The second-order valence-corrected chi connectivity index (χ2v) is 6.48. The lowest BCUT2D eigenvalue weighted by atomic mass is 10.1. The summed E-state index contributed by atoms with van der Waals surface area (Å²) in [6, 6.07) is 17.1. The maximum atomic E-state index is 13.1. The summed E-state index contributed by atoms with van der Waals surface area (Å²) in [5.41, 5.74) is 2.83. The van der Waals surface area contributed by atoms with E-state index in [2.05, 4.69) is 15.2 Å². The number of halogens is 2. The highest BCUT2D eigenvalue weighted by molar-refractivity contribution is 6.12. The number of benzene rings is 2. The fourth-order valence-electron chi connectivity index (χ4n) is 3.17. The zero-order valence-electron chi connectivity index (χ0n) is 16.0. The third-order valence-corrected chi connectivity index (χ3v) is 4.54. The zero-order valence-corrected chi connectivity index (χ0v) is 16.0. The predicted molar refractivity (Wildman–Crippen MR) is 110 cm³/mol. The van der Waals surface area contributed by atoms with E-state index < -0.39 is 12.5 Å². The van der Waals surface area contributed by atoms with Crippen LogP contribution in [0.25, 0.3) is 22.3 Å². The molecule has 30 heavy (non-hydrogen) atoms. The molecule has 152 valence electrons. The molecule has 0 bridgehead atoms. The number of hydrogen-bond acceptors (Lipinski definition) is 4. The zero-order chi connectivity index (χ0) is 21.1. The van der Waals surface area contributed by atoms with Crippen molar-refractivity contribution in [2.24, 2.45) is 0 Å². The Morgan fingerprint density at radius 2 is 1.93 bits per heavy atom. The van der Waals surface area contributed by atoms with E-state index in [-0.39, 0.29) is 5.75 Å². The number of nitrogens with one attached hydrogen (secondary N) is 1. The topological polar surface area (TPSA) is 69.0 Å². The van der Waals surface area contributed by atoms with Gasteiger partial charge in [0.1, 0.15) is 5.75 Å². The van der Waals surface area contributed by atoms with Crippen molar-refractivity contribution in [2.45, 2.75) is 20.1 Å². The van der Waals surface area contributed by atoms with E-state index in [0.29, 0.717) is 34.5 Å². The molecule has 0 saturated heterocycles. The second-order valence-electron chi connectivity index (χ2n) is 6.48. The van der Waals surface area contributed by atoms with Gasteiger partial charge in [-0.15, -0.1) is 0 Å². The first-order valence-electron chi connectivity index (χ1n) is 9.33. The summed E-state index contributed by atoms with van der Waals surface area (Å²) in [6.07, 6.45) is 1.60. The molecule has 0 atom stereocenters. The van der Waals surface area contributed by atoms with Crippen LogP contribution in [-0.4, -0.2) is 27.3 Å². The normalized spacial score (nSPS) is 11.1. The number of amides is 1. The minimum Gasteiger partial charge on any atom is -0.435 e. The fraction of sp³-hybridized carbons (Fsp3) is 0.136. The lowest BCUT2D eigenvalue weighted by Gasteiger charge is -2.11. The number of aryl methyl sites for hydroxylation is 1. The smallest absolute Gasteiger partial charge is 0.387 e. The van der Waals surface area contributed by atoms with Crippen LogP contribution in [0.1, 0.15) is 17.3 Å². The molecule has 1 amide bonds. The van der Waals surface area contributed by atoms with E-state index in [1.54, 1.807) is 23.0 Å². The number of alkyl halides is 2. The summed E-state index contributed by atoms with van der Waals surface area (Å²) < 4.78 is 31.1. The van der Waals surface area contributed by atoms with E-state index in [1.807, 2.05) is 37.3 Å². The number of hydrogen-bond donors (Lipinski definition) is 1. The van der Waals surface area contributed by atoms with Crippen LogP contribution in [-0.2, 0) is 6.54 Å². The molecular weight excluding hydrogens is 390 g/mol. The summed E-state index contributed by atoms with van der Waals surface area (Å²) >= 11 is 0. The molecule has 4 rings (SSSR count). The highest BCUT2D eigenvalue weighted by Crippen LogP contribution is 2.26. The van der Waals surface area contributed by atoms with Crippen LogP contribution in [0.4, 0.5) is 14.5 Å². The summed E-state index contributed by atoms with van der Waals surface area (Å²) in [5.74, 6) is -0.434. The molecule has 2 aromatic carbocycles. The van der Waals surface area contributed by atoms with Crippen LogP contribution in [0.3, 0.4) is 0 Å². The Balaban J connectivity index is 1.74. The summed E-state index contributed by atoms with van der Waals surface area (Å²) in [7, 11) is 0. The van der Waals surface area contributed by atoms with Gasteiger partial charge in [0.2, 0.25) is 0 Å². The first-order valence-corrected chi connectivity index (χ1v) is 9.33. The van der Waals surface area contributed by atoms with E-state index in [4.69, 9.17) is 4.98 Å². The Kier molecular flexibility index (Phi) is 5.38. The molecule has 0 aliphatic heterocycles. The van der Waals surface area contributed by atoms with Crippen molar-refractivity contribution >= 4 is 22.6 Å². The van der Waals surface area contributed by atoms with Crippen molar-refractivity contribution in [2.75, 3.05) is 5.32 Å². The van der Waals surface area contributed by atoms with Gasteiger partial charge in [0.15, 0.2) is 5.65 Å². The van der Waals surface area contributed by atoms with Crippen molar-refractivity contribution < 1.29 is 18.3 Å². The van der Waals surface area contributed by atoms with E-state index >= 15 is 0 Å². The SMILES string of the molecule is CCn1ncc2c(C(=O)Nc3cccc(OC(F)F)c3)cc(-c3ccccc3)nc21. The highest BCUT2D eigenvalue weighted by atomic mass is 19.3. The number of rotatable bonds is 6. The van der Waals surface area contributed by atoms with Crippen LogP contribution >= 0.6 is 0 Å². The maximum absolute atomic E-state index is 13.1. The number of pyridine rings is 1. The molecule has 0 spiro atoms. The Labute approximate surface area is 171 Å². The Hall–Kier alpha value is -3.81. The predicted octanol–water partition coefficient (Wildman–Crippen LogP) is 4.97. The van der Waals surface area contributed by atoms with Gasteiger partial charge >= 0.3 is 6.61 Å². The average molecular weight is 408 g/mol. The Morgan fingerprint density at radius 1 is 1.13 bits per heavy atom. The van der Waals surface area contributed by atoms with Gasteiger partial charge in [-0.2, -0.15) is 13.9 Å². The molecule has 0 unspecified atom stereocenters. The van der Waals surface area contributed by atoms with Crippen LogP contribution in [0, 0.1) is 0 Å². The van der Waals surface area contributed by atoms with E-state index in [9.17, 15) is 13.6 Å². The molecule has 8 heteroatoms. The van der Waals surface area contributed by atoms with Gasteiger partial charge in [-0.25, -0.2) is 9.67 Å². The summed E-state index contributed by atoms with van der Waals surface area (Å²) in [5, 5.41) is 7.66. The van der Waals surface area contributed by atoms with Crippen molar-refractivity contribution in [1.29, 1.82) is 0 Å². The average Bonchev–Trinajstić information content (AvgIpc) is 3.16. The van der Waals surface area contributed by atoms with Crippen LogP contribution in [0.15, 0.2) is 66.9 Å². The monoisotopic (exact) mass is 408 g/mol. The van der Waals surface area contributed by atoms with Gasteiger partial charge in [-0.05, 0) is 25.1 Å². The molecule has 0 fully saturated rings. The van der Waals surface area contributed by atoms with E-state index in [0.717, 1.165) is 5.56 Å². The van der Waals surface area contributed by atoms with Crippen molar-refractivity contribution in [3.63, 3.8) is 0 Å². The van der Waals surface area contributed by atoms with Crippen molar-refractivity contribution in [3.8, 4) is 17.0 Å². The fourth-order valence-corrected chi connectivity index (χ4v) is 3.17. The van der Waals surface area contributed by atoms with Gasteiger partial charge < -0.3 is 10.1 Å². The number of carbonyl (C=O) groups excluding carboxylic acids is 1. The van der Waals surface area contributed by atoms with Gasteiger partial charge in [0, 0.05) is 23.9 Å². The molecule has 0 saturated carbocycles. The summed E-state index contributed by atoms with van der Waals surface area (Å²) in [4.78, 5) is 17.8. The third kappa shape index (κ3) is 3.98. The second kappa shape index (κ2) is 8.28. The number of nitrogens with zero attached hydrogens (tertiary/aromatic N) is 3. The molecule has 4 aromatic rings. The summed E-state index contributed by atoms with van der Waals surface area (Å²) in [6.45, 7) is -0.399. The van der Waals surface area contributed by atoms with Crippen LogP contribution in [0.2, 0.25) is 0 Å². The minimum absolute atomic E-state index is 0.0357. The number of carbonyl (C=O) groups is 1. The van der Waals surface area contributed by atoms with Gasteiger partial charge in [-0.1, -0.05) is 36.4 Å². The highest BCUT2D eigenvalue weighted by Gasteiger charge is 2.18. The Morgan fingerprint density at radius 3 is 2.67 bits per heavy atom. The van der Waals surface area contributed by atoms with Gasteiger partial charge in [-0.3, -0.25) is 4.79 Å². The first kappa shape index (κ1) is 19.5. The van der Waals surface area contributed by atoms with Crippen LogP contribution in [0.5, 0.6) is 5.75 Å². The lowest BCUT2D eigenvalue weighted by molar-refractivity contribution is -0.0497. The minimum atomic E-state index is -2.94. The van der Waals surface area contributed by atoms with Crippen LogP contribution < -0.4 is 10.1 Å². The Bertz CT molecular complexity index is 1190.